The van der Waals surface area contributed by atoms with Gasteiger partial charge in [0.2, 0.25) is 5.91 Å². The lowest BCUT2D eigenvalue weighted by Crippen LogP contribution is -2.16. The molecule has 11 heteroatoms. The fourth-order valence-corrected chi connectivity index (χ4v) is 4.33. The fourth-order valence-electron chi connectivity index (χ4n) is 2.71. The lowest BCUT2D eigenvalue weighted by Gasteiger charge is -2.16. The lowest BCUT2D eigenvalue weighted by molar-refractivity contribution is -0.113. The Kier molecular flexibility index (Phi) is 8.90. The molecule has 0 fully saturated rings. The van der Waals surface area contributed by atoms with Gasteiger partial charge in [0.1, 0.15) is 5.75 Å². The Hall–Kier alpha value is -1.71. The molecule has 1 amide bonds. The van der Waals surface area contributed by atoms with Crippen LogP contribution in [0.25, 0.3) is 0 Å². The average molecular weight is 577 g/mol. The summed E-state index contributed by atoms with van der Waals surface area (Å²) >= 11 is 22.7. The molecule has 0 bridgehead atoms. The van der Waals surface area contributed by atoms with Crippen LogP contribution >= 0.6 is 62.5 Å². The van der Waals surface area contributed by atoms with Crippen LogP contribution in [0.4, 0.5) is 5.69 Å². The number of aromatic nitrogens is 3. The molecule has 1 heterocycles. The van der Waals surface area contributed by atoms with Crippen molar-refractivity contribution in [1.29, 1.82) is 0 Å². The third-order valence-electron chi connectivity index (χ3n) is 4.16. The molecule has 0 aliphatic rings. The van der Waals surface area contributed by atoms with E-state index in [1.54, 1.807) is 6.08 Å². The molecule has 3 rings (SSSR count). The number of anilines is 1. The van der Waals surface area contributed by atoms with Crippen molar-refractivity contribution in [3.8, 4) is 5.75 Å². The van der Waals surface area contributed by atoms with Crippen LogP contribution in [-0.4, -0.2) is 26.4 Å². The summed E-state index contributed by atoms with van der Waals surface area (Å²) in [5.74, 6) is 1.15. The molecule has 0 radical (unpaired) electrons. The summed E-state index contributed by atoms with van der Waals surface area (Å²) in [7, 11) is 0. The van der Waals surface area contributed by atoms with Crippen molar-refractivity contribution < 1.29 is 9.53 Å². The number of nitrogens with one attached hydrogen (secondary N) is 1. The van der Waals surface area contributed by atoms with Crippen molar-refractivity contribution in [3.05, 3.63) is 74.4 Å². The Morgan fingerprint density at radius 1 is 1.22 bits per heavy atom. The van der Waals surface area contributed by atoms with E-state index < -0.39 is 0 Å². The number of amides is 1. The van der Waals surface area contributed by atoms with E-state index in [0.29, 0.717) is 44.0 Å². The van der Waals surface area contributed by atoms with Gasteiger partial charge in [-0.1, -0.05) is 68.6 Å². The topological polar surface area (TPSA) is 69.0 Å². The second kappa shape index (κ2) is 11.4. The molecule has 1 aromatic heterocycles. The summed E-state index contributed by atoms with van der Waals surface area (Å²) < 4.78 is 8.82. The van der Waals surface area contributed by atoms with E-state index >= 15 is 0 Å². The quantitative estimate of drug-likeness (QED) is 0.168. The molecule has 6 nitrogen and oxygen atoms in total. The van der Waals surface area contributed by atoms with Crippen molar-refractivity contribution in [2.75, 3.05) is 11.1 Å². The molecule has 1 unspecified atom stereocenters. The largest absolute Gasteiger partial charge is 0.483 e. The molecule has 2 aromatic carbocycles. The first kappa shape index (κ1) is 24.9. The van der Waals surface area contributed by atoms with Crippen molar-refractivity contribution in [1.82, 2.24) is 14.8 Å². The van der Waals surface area contributed by atoms with Gasteiger partial charge in [0.25, 0.3) is 0 Å². The molecule has 32 heavy (non-hydrogen) atoms. The van der Waals surface area contributed by atoms with E-state index in [1.165, 1.54) is 23.9 Å². The summed E-state index contributed by atoms with van der Waals surface area (Å²) in [5, 5.41) is 12.7. The van der Waals surface area contributed by atoms with Gasteiger partial charge in [-0.2, -0.15) is 0 Å². The monoisotopic (exact) mass is 574 g/mol. The van der Waals surface area contributed by atoms with Crippen LogP contribution < -0.4 is 10.1 Å². The molecule has 0 saturated heterocycles. The minimum absolute atomic E-state index is 0.0911. The zero-order chi connectivity index (χ0) is 23.3. The Morgan fingerprint density at radius 2 is 1.91 bits per heavy atom. The van der Waals surface area contributed by atoms with E-state index in [1.807, 2.05) is 35.8 Å². The number of halogens is 4. The average Bonchev–Trinajstić information content (AvgIpc) is 3.15. The van der Waals surface area contributed by atoms with Crippen LogP contribution in [0, 0.1) is 0 Å². The number of nitrogens with zero attached hydrogens (tertiary/aromatic N) is 3. The highest BCUT2D eigenvalue weighted by Crippen LogP contribution is 2.32. The number of hydrogen-bond acceptors (Lipinski definition) is 5. The van der Waals surface area contributed by atoms with E-state index in [9.17, 15) is 4.79 Å². The van der Waals surface area contributed by atoms with Crippen LogP contribution in [-0.2, 0) is 11.3 Å². The number of thioether (sulfide) groups is 1. The number of carbonyl (C=O) groups excluding carboxylic acids is 1. The van der Waals surface area contributed by atoms with Gasteiger partial charge in [0.15, 0.2) is 17.1 Å². The molecule has 168 valence electrons. The molecular weight excluding hydrogens is 559 g/mol. The number of carbonyl (C=O) groups is 1. The highest BCUT2D eigenvalue weighted by Gasteiger charge is 2.20. The maximum atomic E-state index is 12.4. The molecule has 0 aliphatic carbocycles. The highest BCUT2D eigenvalue weighted by atomic mass is 79.9. The van der Waals surface area contributed by atoms with Gasteiger partial charge in [-0.25, -0.2) is 0 Å². The standard InChI is InChI=1S/C21H18BrCl3N4O2S/c1-3-8-29-20(12(2)31-14-6-4-13(22)5-7-14)27-28-21(29)32-11-19(30)26-18-10-16(24)15(23)9-17(18)25/h3-7,9-10,12H,1,8,11H2,2H3,(H,26,30). The van der Waals surface area contributed by atoms with Crippen molar-refractivity contribution >= 4 is 74.1 Å². The van der Waals surface area contributed by atoms with Crippen LogP contribution in [0.2, 0.25) is 15.1 Å². The maximum Gasteiger partial charge on any atom is 0.234 e. The first-order valence-electron chi connectivity index (χ1n) is 9.32. The summed E-state index contributed by atoms with van der Waals surface area (Å²) in [6.45, 7) is 6.16. The first-order chi connectivity index (χ1) is 15.3. The first-order valence-corrected chi connectivity index (χ1v) is 12.2. The van der Waals surface area contributed by atoms with Crippen LogP contribution in [0.5, 0.6) is 5.75 Å². The second-order valence-electron chi connectivity index (χ2n) is 6.54. The SMILES string of the molecule is C=CCn1c(SCC(=O)Nc2cc(Cl)c(Cl)cc2Cl)nnc1C(C)Oc1ccc(Br)cc1. The fraction of sp³-hybridized carbons (Fsp3) is 0.190. The van der Waals surface area contributed by atoms with Crippen LogP contribution in [0.3, 0.4) is 0 Å². The number of ether oxygens (including phenoxy) is 1. The summed E-state index contributed by atoms with van der Waals surface area (Å²) in [5.41, 5.74) is 0.386. The third kappa shape index (κ3) is 6.42. The summed E-state index contributed by atoms with van der Waals surface area (Å²) in [4.78, 5) is 12.4. The third-order valence-corrected chi connectivity index (χ3v) is 6.69. The van der Waals surface area contributed by atoms with Gasteiger partial charge in [0, 0.05) is 11.0 Å². The lowest BCUT2D eigenvalue weighted by atomic mass is 10.3. The number of rotatable bonds is 9. The van der Waals surface area contributed by atoms with Crippen LogP contribution in [0.1, 0.15) is 18.9 Å². The van der Waals surface area contributed by atoms with Crippen LogP contribution in [0.15, 0.2) is 58.7 Å². The Morgan fingerprint density at radius 3 is 2.59 bits per heavy atom. The Bertz CT molecular complexity index is 1120. The van der Waals surface area contributed by atoms with Gasteiger partial charge in [-0.3, -0.25) is 9.36 Å². The van der Waals surface area contributed by atoms with Crippen molar-refractivity contribution in [2.45, 2.75) is 24.7 Å². The second-order valence-corrected chi connectivity index (χ2v) is 9.62. The molecule has 3 aromatic rings. The predicted molar refractivity (Wildman–Crippen MR) is 134 cm³/mol. The van der Waals surface area contributed by atoms with Gasteiger partial charge < -0.3 is 10.1 Å². The van der Waals surface area contributed by atoms with E-state index in [4.69, 9.17) is 39.5 Å². The zero-order valence-electron chi connectivity index (χ0n) is 16.8. The van der Waals surface area contributed by atoms with Crippen molar-refractivity contribution in [2.24, 2.45) is 0 Å². The Balaban J connectivity index is 1.68. The smallest absolute Gasteiger partial charge is 0.234 e. The van der Waals surface area contributed by atoms with E-state index in [-0.39, 0.29) is 17.8 Å². The summed E-state index contributed by atoms with van der Waals surface area (Å²) in [6, 6.07) is 10.5. The molecular formula is C21H18BrCl3N4O2S. The predicted octanol–water partition coefficient (Wildman–Crippen LogP) is 7.06. The van der Waals surface area contributed by atoms with Gasteiger partial charge in [-0.05, 0) is 43.3 Å². The molecule has 1 atom stereocenters. The molecule has 0 saturated carbocycles. The number of hydrogen-bond donors (Lipinski definition) is 1. The molecule has 0 aliphatic heterocycles. The molecule has 0 spiro atoms. The zero-order valence-corrected chi connectivity index (χ0v) is 21.5. The highest BCUT2D eigenvalue weighted by molar-refractivity contribution is 9.10. The number of allylic oxidation sites excluding steroid dienone is 1. The van der Waals surface area contributed by atoms with Gasteiger partial charge in [-0.15, -0.1) is 16.8 Å². The maximum absolute atomic E-state index is 12.4. The van der Waals surface area contributed by atoms with Gasteiger partial charge in [0.05, 0.1) is 26.5 Å². The van der Waals surface area contributed by atoms with Gasteiger partial charge >= 0.3 is 0 Å². The van der Waals surface area contributed by atoms with E-state index in [0.717, 1.165) is 4.47 Å². The Labute approximate surface area is 213 Å². The van der Waals surface area contributed by atoms with Crippen molar-refractivity contribution in [3.63, 3.8) is 0 Å². The normalized spacial score (nSPS) is 11.8. The minimum atomic E-state index is -0.359. The minimum Gasteiger partial charge on any atom is -0.483 e. The summed E-state index contributed by atoms with van der Waals surface area (Å²) in [6.07, 6.45) is 1.38. The van der Waals surface area contributed by atoms with E-state index in [2.05, 4.69) is 38.0 Å². The molecule has 1 N–H and O–H groups in total. The number of benzene rings is 2.